The number of rotatable bonds is 7. The van der Waals surface area contributed by atoms with E-state index in [0.717, 1.165) is 31.6 Å². The van der Waals surface area contributed by atoms with Crippen LogP contribution in [0, 0.1) is 0 Å². The van der Waals surface area contributed by atoms with Crippen molar-refractivity contribution in [1.82, 2.24) is 10.2 Å². The van der Waals surface area contributed by atoms with Crippen LogP contribution in [0.5, 0.6) is 11.5 Å². The molecule has 0 spiro atoms. The van der Waals surface area contributed by atoms with Gasteiger partial charge in [0, 0.05) is 45.0 Å². The summed E-state index contributed by atoms with van der Waals surface area (Å²) in [6.45, 7) is 4.17. The largest absolute Gasteiger partial charge is 0.497 e. The molecule has 2 aromatic rings. The quantitative estimate of drug-likeness (QED) is 0.599. The van der Waals surface area contributed by atoms with Crippen LogP contribution in [0.1, 0.15) is 17.2 Å². The zero-order chi connectivity index (χ0) is 24.1. The highest BCUT2D eigenvalue weighted by molar-refractivity contribution is 6.39. The lowest BCUT2D eigenvalue weighted by Crippen LogP contribution is -2.45. The Bertz CT molecular complexity index is 1040. The molecule has 1 atom stereocenters. The van der Waals surface area contributed by atoms with Crippen LogP contribution in [0.25, 0.3) is 0 Å². The summed E-state index contributed by atoms with van der Waals surface area (Å²) in [5, 5.41) is 5.45. The first-order valence-electron chi connectivity index (χ1n) is 11.5. The van der Waals surface area contributed by atoms with E-state index < -0.39 is 11.8 Å². The number of carbonyl (C=O) groups excluding carboxylic acids is 2. The lowest BCUT2D eigenvalue weighted by atomic mass is 10.0. The van der Waals surface area contributed by atoms with E-state index in [1.54, 1.807) is 25.3 Å². The van der Waals surface area contributed by atoms with Crippen molar-refractivity contribution in [2.24, 2.45) is 0 Å². The van der Waals surface area contributed by atoms with Crippen molar-refractivity contribution in [2.45, 2.75) is 12.5 Å². The normalized spacial score (nSPS) is 16.5. The van der Waals surface area contributed by atoms with E-state index >= 15 is 0 Å². The van der Waals surface area contributed by atoms with Gasteiger partial charge >= 0.3 is 11.8 Å². The number of nitrogens with zero attached hydrogens (tertiary/aromatic N) is 2. The molecule has 34 heavy (non-hydrogen) atoms. The first-order valence-corrected chi connectivity index (χ1v) is 11.5. The highest BCUT2D eigenvalue weighted by Gasteiger charge is 2.26. The minimum absolute atomic E-state index is 0.0487. The second kappa shape index (κ2) is 10.8. The fraction of sp³-hybridized carbons (Fsp3) is 0.440. The molecule has 9 nitrogen and oxygen atoms in total. The Morgan fingerprint density at radius 1 is 1.03 bits per heavy atom. The lowest BCUT2D eigenvalue weighted by molar-refractivity contribution is -0.136. The van der Waals surface area contributed by atoms with Crippen molar-refractivity contribution in [3.8, 4) is 11.5 Å². The molecule has 2 aromatic carbocycles. The Kier molecular flexibility index (Phi) is 7.54. The van der Waals surface area contributed by atoms with Crippen LogP contribution < -0.4 is 25.0 Å². The van der Waals surface area contributed by atoms with Crippen molar-refractivity contribution in [1.29, 1.82) is 0 Å². The molecule has 9 heteroatoms. The maximum absolute atomic E-state index is 12.7. The summed E-state index contributed by atoms with van der Waals surface area (Å²) in [6.07, 6.45) is 1.01. The summed E-state index contributed by atoms with van der Waals surface area (Å²) in [5.41, 5.74) is 4.10. The number of morpholine rings is 1. The highest BCUT2D eigenvalue weighted by Crippen LogP contribution is 2.32. The van der Waals surface area contributed by atoms with Crippen LogP contribution in [0.2, 0.25) is 0 Å². The third kappa shape index (κ3) is 5.26. The van der Waals surface area contributed by atoms with Crippen LogP contribution in [-0.4, -0.2) is 77.4 Å². The number of benzene rings is 2. The maximum Gasteiger partial charge on any atom is 0.313 e. The van der Waals surface area contributed by atoms with Gasteiger partial charge in [-0.3, -0.25) is 14.5 Å². The number of fused-ring (bicyclic) bond motifs is 1. The summed E-state index contributed by atoms with van der Waals surface area (Å²) in [5.74, 6) is -0.445. The minimum atomic E-state index is -0.750. The molecule has 2 aliphatic rings. The van der Waals surface area contributed by atoms with E-state index in [1.807, 2.05) is 0 Å². The number of anilines is 2. The first kappa shape index (κ1) is 23.8. The van der Waals surface area contributed by atoms with Gasteiger partial charge in [0.05, 0.1) is 39.2 Å². The molecule has 2 heterocycles. The van der Waals surface area contributed by atoms with Gasteiger partial charge < -0.3 is 29.7 Å². The zero-order valence-electron chi connectivity index (χ0n) is 19.9. The molecule has 2 aliphatic heterocycles. The summed E-state index contributed by atoms with van der Waals surface area (Å²) >= 11 is 0. The molecule has 0 aliphatic carbocycles. The van der Waals surface area contributed by atoms with E-state index in [2.05, 4.69) is 45.7 Å². The Morgan fingerprint density at radius 2 is 1.82 bits per heavy atom. The molecule has 2 amide bonds. The maximum atomic E-state index is 12.7. The van der Waals surface area contributed by atoms with Crippen molar-refractivity contribution in [2.75, 3.05) is 70.9 Å². The van der Waals surface area contributed by atoms with Gasteiger partial charge in [-0.25, -0.2) is 0 Å². The number of amides is 2. The van der Waals surface area contributed by atoms with Gasteiger partial charge in [-0.2, -0.15) is 0 Å². The fourth-order valence-electron chi connectivity index (χ4n) is 4.49. The molecule has 1 unspecified atom stereocenters. The number of nitrogens with one attached hydrogen (secondary N) is 2. The summed E-state index contributed by atoms with van der Waals surface area (Å²) in [6, 6.07) is 11.4. The van der Waals surface area contributed by atoms with Crippen LogP contribution in [-0.2, 0) is 20.7 Å². The predicted molar refractivity (Wildman–Crippen MR) is 130 cm³/mol. The van der Waals surface area contributed by atoms with Crippen molar-refractivity contribution in [3.05, 3.63) is 47.5 Å². The first-order chi connectivity index (χ1) is 16.5. The fourth-order valence-corrected chi connectivity index (χ4v) is 4.49. The molecule has 182 valence electrons. The SMILES string of the molecule is COc1ccc(NC(=O)C(=O)NCC(c2ccc3c(c2)CCN3C)N2CCOCC2)c(OC)c1. The van der Waals surface area contributed by atoms with Crippen LogP contribution in [0.3, 0.4) is 0 Å². The third-order valence-corrected chi connectivity index (χ3v) is 6.42. The molecule has 0 bridgehead atoms. The second-order valence-corrected chi connectivity index (χ2v) is 8.45. The van der Waals surface area contributed by atoms with Crippen molar-refractivity contribution >= 4 is 23.2 Å². The van der Waals surface area contributed by atoms with Crippen LogP contribution in [0.4, 0.5) is 11.4 Å². The van der Waals surface area contributed by atoms with Gasteiger partial charge in [0.2, 0.25) is 0 Å². The molecule has 2 N–H and O–H groups in total. The smallest absolute Gasteiger partial charge is 0.313 e. The average Bonchev–Trinajstić information content (AvgIpc) is 3.24. The molecule has 4 rings (SSSR count). The minimum Gasteiger partial charge on any atom is -0.497 e. The van der Waals surface area contributed by atoms with Gasteiger partial charge in [-0.15, -0.1) is 0 Å². The van der Waals surface area contributed by atoms with Gasteiger partial charge in [0.15, 0.2) is 0 Å². The average molecular weight is 469 g/mol. The topological polar surface area (TPSA) is 92.4 Å². The second-order valence-electron chi connectivity index (χ2n) is 8.45. The standard InChI is InChI=1S/C25H32N4O5/c1-28-9-8-18-14-17(4-7-21(18)28)22(29-10-12-34-13-11-29)16-26-24(30)25(31)27-20-6-5-19(32-2)15-23(20)33-3/h4-7,14-15,22H,8-13,16H2,1-3H3,(H,26,30)(H,27,31). The van der Waals surface area contributed by atoms with Crippen LogP contribution >= 0.6 is 0 Å². The number of methoxy groups -OCH3 is 2. The summed E-state index contributed by atoms with van der Waals surface area (Å²) in [4.78, 5) is 29.8. The van der Waals surface area contributed by atoms with E-state index in [4.69, 9.17) is 14.2 Å². The molecule has 0 saturated carbocycles. The predicted octanol–water partition coefficient (Wildman–Crippen LogP) is 1.82. The summed E-state index contributed by atoms with van der Waals surface area (Å²) in [7, 11) is 5.14. The third-order valence-electron chi connectivity index (χ3n) is 6.42. The molecule has 1 saturated heterocycles. The Hall–Kier alpha value is -3.30. The molecular formula is C25H32N4O5. The van der Waals surface area contributed by atoms with Crippen molar-refractivity contribution in [3.63, 3.8) is 0 Å². The zero-order valence-corrected chi connectivity index (χ0v) is 19.9. The number of likely N-dealkylation sites (N-methyl/N-ethyl adjacent to an activating group) is 1. The highest BCUT2D eigenvalue weighted by atomic mass is 16.5. The van der Waals surface area contributed by atoms with Gasteiger partial charge in [0.25, 0.3) is 0 Å². The van der Waals surface area contributed by atoms with Crippen LogP contribution in [0.15, 0.2) is 36.4 Å². The van der Waals surface area contributed by atoms with E-state index in [9.17, 15) is 9.59 Å². The number of hydrogen-bond donors (Lipinski definition) is 2. The number of ether oxygens (including phenoxy) is 3. The summed E-state index contributed by atoms with van der Waals surface area (Å²) < 4.78 is 16.0. The molecule has 1 fully saturated rings. The Morgan fingerprint density at radius 3 is 2.56 bits per heavy atom. The number of hydrogen-bond acceptors (Lipinski definition) is 7. The van der Waals surface area contributed by atoms with Gasteiger partial charge in [0.1, 0.15) is 11.5 Å². The Balaban J connectivity index is 1.45. The molecule has 0 radical (unpaired) electrons. The van der Waals surface area contributed by atoms with E-state index in [1.165, 1.54) is 18.4 Å². The lowest BCUT2D eigenvalue weighted by Gasteiger charge is -2.35. The monoisotopic (exact) mass is 468 g/mol. The van der Waals surface area contributed by atoms with Crippen molar-refractivity contribution < 1.29 is 23.8 Å². The van der Waals surface area contributed by atoms with E-state index in [-0.39, 0.29) is 6.04 Å². The number of carbonyl (C=O) groups is 2. The molecular weight excluding hydrogens is 436 g/mol. The van der Waals surface area contributed by atoms with Gasteiger partial charge in [-0.05, 0) is 35.7 Å². The van der Waals surface area contributed by atoms with E-state index in [0.29, 0.717) is 36.9 Å². The Labute approximate surface area is 200 Å². The molecule has 0 aromatic heterocycles. The van der Waals surface area contributed by atoms with Gasteiger partial charge in [-0.1, -0.05) is 12.1 Å².